The third kappa shape index (κ3) is 3.80. The van der Waals surface area contributed by atoms with Crippen molar-refractivity contribution in [1.82, 2.24) is 4.90 Å². The number of esters is 1. The number of ketones is 1. The predicted octanol–water partition coefficient (Wildman–Crippen LogP) is 3.92. The van der Waals surface area contributed by atoms with Gasteiger partial charge in [-0.25, -0.2) is 4.90 Å². The van der Waals surface area contributed by atoms with Crippen LogP contribution in [0.4, 0.5) is 11.4 Å². The highest BCUT2D eigenvalue weighted by Crippen LogP contribution is 2.53. The van der Waals surface area contributed by atoms with Gasteiger partial charge >= 0.3 is 5.97 Å². The molecular weight excluding hydrogens is 502 g/mol. The fourth-order valence-electron chi connectivity index (χ4n) is 5.88. The number of hydrogen-bond acceptors (Lipinski definition) is 8. The number of Topliss-reactive ketones (excluding diaryl/α,β-unsaturated/α-hetero) is 1. The summed E-state index contributed by atoms with van der Waals surface area (Å²) in [4.78, 5) is 66.6. The Hall–Kier alpha value is -5.12. The first-order chi connectivity index (χ1) is 18.8. The van der Waals surface area contributed by atoms with E-state index >= 15 is 0 Å². The monoisotopic (exact) mass is 523 g/mol. The van der Waals surface area contributed by atoms with Crippen LogP contribution in [-0.4, -0.2) is 39.4 Å². The zero-order valence-electron chi connectivity index (χ0n) is 20.6. The third-order valence-corrected chi connectivity index (χ3v) is 7.43. The Labute approximate surface area is 222 Å². The van der Waals surface area contributed by atoms with E-state index in [9.17, 15) is 29.3 Å². The van der Waals surface area contributed by atoms with E-state index in [2.05, 4.69) is 0 Å². The van der Waals surface area contributed by atoms with Crippen molar-refractivity contribution >= 4 is 41.0 Å². The highest BCUT2D eigenvalue weighted by molar-refractivity contribution is 6.24. The second-order valence-electron chi connectivity index (χ2n) is 9.60. The summed E-state index contributed by atoms with van der Waals surface area (Å²) >= 11 is 0. The summed E-state index contributed by atoms with van der Waals surface area (Å²) in [6.07, 6.45) is 3.60. The molecule has 0 radical (unpaired) electrons. The molecule has 10 nitrogen and oxygen atoms in total. The second kappa shape index (κ2) is 9.02. The van der Waals surface area contributed by atoms with Gasteiger partial charge in [0.1, 0.15) is 11.8 Å². The van der Waals surface area contributed by atoms with E-state index in [1.165, 1.54) is 55.5 Å². The second-order valence-corrected chi connectivity index (χ2v) is 9.60. The summed E-state index contributed by atoms with van der Waals surface area (Å²) in [7, 11) is 0. The molecule has 3 heterocycles. The van der Waals surface area contributed by atoms with Gasteiger partial charge in [-0.15, -0.1) is 0 Å². The van der Waals surface area contributed by atoms with Crippen LogP contribution in [0.1, 0.15) is 34.5 Å². The number of rotatable bonds is 5. The van der Waals surface area contributed by atoms with E-state index in [1.807, 2.05) is 30.3 Å². The SMILES string of the molecule is CC(=O)Oc1ccc(C(=O)C2C3C(=O)N(c4cccc([N+](=O)[O-])c4)C(=O)C3C3c4ccccc4C=CN23)cc1. The van der Waals surface area contributed by atoms with Crippen molar-refractivity contribution in [2.45, 2.75) is 19.0 Å². The number of nitro benzene ring substituents is 1. The highest BCUT2D eigenvalue weighted by Gasteiger charge is 2.64. The molecule has 3 aliphatic rings. The van der Waals surface area contributed by atoms with Crippen molar-refractivity contribution in [3.05, 3.63) is 106 Å². The molecule has 2 fully saturated rings. The molecule has 3 aromatic carbocycles. The first kappa shape index (κ1) is 24.2. The number of nitrogens with zero attached hydrogens (tertiary/aromatic N) is 3. The van der Waals surface area contributed by atoms with Crippen molar-refractivity contribution in [2.75, 3.05) is 4.90 Å². The maximum atomic E-state index is 14.0. The quantitative estimate of drug-likeness (QED) is 0.123. The summed E-state index contributed by atoms with van der Waals surface area (Å²) in [5.41, 5.74) is 1.83. The Morgan fingerprint density at radius 1 is 0.923 bits per heavy atom. The molecule has 0 N–H and O–H groups in total. The van der Waals surface area contributed by atoms with Gasteiger partial charge in [0.15, 0.2) is 5.78 Å². The summed E-state index contributed by atoms with van der Waals surface area (Å²) < 4.78 is 5.06. The highest BCUT2D eigenvalue weighted by atomic mass is 16.6. The summed E-state index contributed by atoms with van der Waals surface area (Å²) in [6.45, 7) is 1.27. The molecule has 3 aliphatic heterocycles. The average Bonchev–Trinajstić information content (AvgIpc) is 3.40. The van der Waals surface area contributed by atoms with Gasteiger partial charge in [0.2, 0.25) is 11.8 Å². The van der Waals surface area contributed by atoms with Gasteiger partial charge in [0.25, 0.3) is 5.69 Å². The Kier molecular flexibility index (Phi) is 5.60. The summed E-state index contributed by atoms with van der Waals surface area (Å²) in [5.74, 6) is -3.57. The van der Waals surface area contributed by atoms with Gasteiger partial charge in [0, 0.05) is 30.8 Å². The first-order valence-electron chi connectivity index (χ1n) is 12.3. The lowest BCUT2D eigenvalue weighted by atomic mass is 9.83. The van der Waals surface area contributed by atoms with Crippen molar-refractivity contribution in [2.24, 2.45) is 11.8 Å². The number of non-ortho nitro benzene ring substituents is 1. The van der Waals surface area contributed by atoms with Crippen LogP contribution in [0.15, 0.2) is 79.0 Å². The van der Waals surface area contributed by atoms with Crippen molar-refractivity contribution in [3.8, 4) is 5.75 Å². The molecule has 4 unspecified atom stereocenters. The molecule has 2 saturated heterocycles. The fraction of sp³-hybridized carbons (Fsp3) is 0.172. The summed E-state index contributed by atoms with van der Waals surface area (Å²) in [6, 6.07) is 17.3. The van der Waals surface area contributed by atoms with E-state index in [-0.39, 0.29) is 28.5 Å². The molecule has 6 rings (SSSR count). The number of imide groups is 1. The van der Waals surface area contributed by atoms with Gasteiger partial charge < -0.3 is 9.64 Å². The number of hydrogen-bond donors (Lipinski definition) is 0. The number of carbonyl (C=O) groups is 4. The Morgan fingerprint density at radius 3 is 2.36 bits per heavy atom. The number of fused-ring (bicyclic) bond motifs is 5. The normalized spacial score (nSPS) is 22.8. The minimum absolute atomic E-state index is 0.0942. The van der Waals surface area contributed by atoms with Crippen molar-refractivity contribution in [3.63, 3.8) is 0 Å². The van der Waals surface area contributed by atoms with Crippen LogP contribution in [0.5, 0.6) is 5.75 Å². The number of carbonyl (C=O) groups excluding carboxylic acids is 4. The zero-order chi connectivity index (χ0) is 27.4. The van der Waals surface area contributed by atoms with Crippen LogP contribution < -0.4 is 9.64 Å². The van der Waals surface area contributed by atoms with Crippen LogP contribution in [0, 0.1) is 22.0 Å². The Morgan fingerprint density at radius 2 is 1.64 bits per heavy atom. The molecule has 3 aromatic rings. The van der Waals surface area contributed by atoms with Gasteiger partial charge in [-0.1, -0.05) is 30.3 Å². The van der Waals surface area contributed by atoms with Gasteiger partial charge in [-0.2, -0.15) is 0 Å². The minimum Gasteiger partial charge on any atom is -0.427 e. The molecule has 0 saturated carbocycles. The molecule has 194 valence electrons. The molecule has 39 heavy (non-hydrogen) atoms. The van der Waals surface area contributed by atoms with E-state index < -0.39 is 46.6 Å². The van der Waals surface area contributed by atoms with Crippen molar-refractivity contribution < 1.29 is 28.8 Å². The van der Waals surface area contributed by atoms with Gasteiger partial charge in [-0.05, 0) is 47.5 Å². The van der Waals surface area contributed by atoms with E-state index in [0.717, 1.165) is 16.0 Å². The number of amides is 2. The third-order valence-electron chi connectivity index (χ3n) is 7.43. The first-order valence-corrected chi connectivity index (χ1v) is 12.3. The number of nitro groups is 1. The average molecular weight is 524 g/mol. The molecule has 0 spiro atoms. The zero-order valence-corrected chi connectivity index (χ0v) is 20.6. The maximum absolute atomic E-state index is 14.0. The number of ether oxygens (including phenoxy) is 1. The van der Waals surface area contributed by atoms with Crippen LogP contribution in [0.25, 0.3) is 6.08 Å². The topological polar surface area (TPSA) is 127 Å². The molecule has 4 atom stereocenters. The number of anilines is 1. The van der Waals surface area contributed by atoms with Crippen LogP contribution >= 0.6 is 0 Å². The minimum atomic E-state index is -1.02. The number of benzene rings is 3. The molecular formula is C29H21N3O7. The molecule has 2 amide bonds. The standard InChI is InChI=1S/C29H21N3O7/c1-16(33)39-21-11-9-18(10-12-21)27(34)26-24-23(25-22-8-3-2-5-17(22)13-14-30(25)26)28(35)31(29(24)36)19-6-4-7-20(15-19)32(37)38/h2-15,23-26H,1H3. The molecule has 10 heteroatoms. The van der Waals surface area contributed by atoms with E-state index in [0.29, 0.717) is 0 Å². The lowest BCUT2D eigenvalue weighted by Crippen LogP contribution is -2.44. The Balaban J connectivity index is 1.44. The van der Waals surface area contributed by atoms with E-state index in [1.54, 1.807) is 11.1 Å². The fourth-order valence-corrected chi connectivity index (χ4v) is 5.88. The predicted molar refractivity (Wildman–Crippen MR) is 138 cm³/mol. The lowest BCUT2D eigenvalue weighted by Gasteiger charge is -2.35. The van der Waals surface area contributed by atoms with Crippen molar-refractivity contribution in [1.29, 1.82) is 0 Å². The van der Waals surface area contributed by atoms with Crippen LogP contribution in [0.2, 0.25) is 0 Å². The van der Waals surface area contributed by atoms with Gasteiger partial charge in [0.05, 0.1) is 28.5 Å². The largest absolute Gasteiger partial charge is 0.427 e. The maximum Gasteiger partial charge on any atom is 0.308 e. The molecule has 0 aromatic heterocycles. The smallest absolute Gasteiger partial charge is 0.308 e. The molecule has 0 aliphatic carbocycles. The van der Waals surface area contributed by atoms with Crippen LogP contribution in [-0.2, 0) is 14.4 Å². The summed E-state index contributed by atoms with van der Waals surface area (Å²) in [5, 5.41) is 11.4. The van der Waals surface area contributed by atoms with Crippen LogP contribution in [0.3, 0.4) is 0 Å². The van der Waals surface area contributed by atoms with Gasteiger partial charge in [-0.3, -0.25) is 29.3 Å². The van der Waals surface area contributed by atoms with E-state index in [4.69, 9.17) is 4.74 Å². The Bertz CT molecular complexity index is 1600. The lowest BCUT2D eigenvalue weighted by molar-refractivity contribution is -0.384. The molecule has 0 bridgehead atoms.